The van der Waals surface area contributed by atoms with Gasteiger partial charge in [-0.3, -0.25) is 0 Å². The maximum absolute atomic E-state index is 2.27. The molecule has 0 radical (unpaired) electrons. The van der Waals surface area contributed by atoms with E-state index in [1.807, 2.05) is 0 Å². The second-order valence-electron chi connectivity index (χ2n) is 1.87. The Labute approximate surface area is 57.7 Å². The van der Waals surface area contributed by atoms with Gasteiger partial charge in [-0.1, -0.05) is 0 Å². The van der Waals surface area contributed by atoms with Crippen molar-refractivity contribution in [2.24, 2.45) is 0 Å². The van der Waals surface area contributed by atoms with Crippen molar-refractivity contribution in [1.29, 1.82) is 0 Å². The molecule has 0 aromatic rings. The van der Waals surface area contributed by atoms with Gasteiger partial charge in [-0.05, 0) is 0 Å². The topological polar surface area (TPSA) is 0 Å². The van der Waals surface area contributed by atoms with Crippen molar-refractivity contribution in [1.82, 2.24) is 0 Å². The van der Waals surface area contributed by atoms with E-state index < -0.39 is 0 Å². The average molecular weight is 132 g/mol. The summed E-state index contributed by atoms with van der Waals surface area (Å²) < 4.78 is 0. The molecule has 0 atom stereocenters. The van der Waals surface area contributed by atoms with E-state index in [0.717, 1.165) is 15.2 Å². The molecule has 0 nitrogen and oxygen atoms in total. The Morgan fingerprint density at radius 2 is 1.38 bits per heavy atom. The molecule has 0 rings (SSSR count). The molecule has 0 amide bonds. The second-order valence-corrected chi connectivity index (χ2v) is 3.60. The molecule has 8 heavy (non-hydrogen) atoms. The molecule has 48 valence electrons. The molecule has 0 spiro atoms. The summed E-state index contributed by atoms with van der Waals surface area (Å²) in [6.45, 7) is 4.53. The summed E-state index contributed by atoms with van der Waals surface area (Å²) in [6, 6.07) is 0. The van der Waals surface area contributed by atoms with Gasteiger partial charge >= 0.3 is 52.5 Å². The molecular formula is C6H14AlF. The molecule has 0 aliphatic rings. The van der Waals surface area contributed by atoms with Gasteiger partial charge in [0.2, 0.25) is 0 Å². The predicted molar refractivity (Wildman–Crippen MR) is 35.9 cm³/mol. The SMILES string of the molecule is CC[CH2][Al+][CH2]CC.[F-]. The van der Waals surface area contributed by atoms with Crippen molar-refractivity contribution in [2.45, 2.75) is 37.3 Å². The fourth-order valence-corrected chi connectivity index (χ4v) is 1.66. The molecule has 0 fully saturated rings. The first kappa shape index (κ1) is 11.3. The van der Waals surface area contributed by atoms with E-state index in [-0.39, 0.29) is 4.70 Å². The number of halogens is 1. The Balaban J connectivity index is 0. The first-order valence-electron chi connectivity index (χ1n) is 3.23. The largest absolute Gasteiger partial charge is 1.00 e. The number of rotatable bonds is 4. The van der Waals surface area contributed by atoms with Crippen molar-refractivity contribution < 1.29 is 4.70 Å². The van der Waals surface area contributed by atoms with Crippen molar-refractivity contribution >= 4 is 15.2 Å². The van der Waals surface area contributed by atoms with Crippen LogP contribution in [0.25, 0.3) is 0 Å². The van der Waals surface area contributed by atoms with Gasteiger partial charge in [0, 0.05) is 0 Å². The summed E-state index contributed by atoms with van der Waals surface area (Å²) in [5.74, 6) is 0. The zero-order valence-electron chi connectivity index (χ0n) is 5.78. The molecular weight excluding hydrogens is 118 g/mol. The molecule has 0 bridgehead atoms. The van der Waals surface area contributed by atoms with Crippen LogP contribution in [-0.2, 0) is 0 Å². The Bertz CT molecular complexity index is 27.7. The van der Waals surface area contributed by atoms with E-state index in [2.05, 4.69) is 13.8 Å². The maximum atomic E-state index is 2.27. The fraction of sp³-hybridized carbons (Fsp3) is 1.00. The van der Waals surface area contributed by atoms with Gasteiger partial charge in [0.15, 0.2) is 0 Å². The fourth-order valence-electron chi connectivity index (χ4n) is 0.553. The first-order valence-corrected chi connectivity index (χ1v) is 4.86. The van der Waals surface area contributed by atoms with Crippen LogP contribution < -0.4 is 4.70 Å². The summed E-state index contributed by atoms with van der Waals surface area (Å²) in [4.78, 5) is 0. The Hall–Kier alpha value is 0.462. The molecule has 2 heteroatoms. The Kier molecular flexibility index (Phi) is 14.7. The molecule has 0 saturated carbocycles. The van der Waals surface area contributed by atoms with Crippen LogP contribution in [-0.4, -0.2) is 15.2 Å². The monoisotopic (exact) mass is 132 g/mol. The van der Waals surface area contributed by atoms with Crippen LogP contribution in [0.15, 0.2) is 0 Å². The zero-order valence-corrected chi connectivity index (χ0v) is 6.94. The van der Waals surface area contributed by atoms with Crippen LogP contribution in [0.5, 0.6) is 0 Å². The van der Waals surface area contributed by atoms with E-state index >= 15 is 0 Å². The molecule has 0 unspecified atom stereocenters. The van der Waals surface area contributed by atoms with Crippen molar-refractivity contribution in [3.63, 3.8) is 0 Å². The van der Waals surface area contributed by atoms with Crippen LogP contribution in [0.2, 0.25) is 10.6 Å². The van der Waals surface area contributed by atoms with E-state index in [1.165, 1.54) is 23.4 Å². The summed E-state index contributed by atoms with van der Waals surface area (Å²) >= 11 is 0.822. The van der Waals surface area contributed by atoms with Gasteiger partial charge in [-0.25, -0.2) is 0 Å². The molecule has 0 aliphatic heterocycles. The molecule has 0 heterocycles. The van der Waals surface area contributed by atoms with Crippen LogP contribution >= 0.6 is 0 Å². The molecule has 0 aromatic carbocycles. The standard InChI is InChI=1S/2C3H7.Al.FH/c2*1-3-2;;/h2*1,3H2,2H3;;1H/q;;+1;/p-1. The maximum Gasteiger partial charge on any atom is -1.00 e. The van der Waals surface area contributed by atoms with Crippen LogP contribution in [0.3, 0.4) is 0 Å². The van der Waals surface area contributed by atoms with Gasteiger partial charge in [0.05, 0.1) is 0 Å². The molecule has 0 N–H and O–H groups in total. The van der Waals surface area contributed by atoms with E-state index in [9.17, 15) is 0 Å². The normalized spacial score (nSPS) is 7.25. The summed E-state index contributed by atoms with van der Waals surface area (Å²) in [5.41, 5.74) is 0. The average Bonchev–Trinajstić information content (AvgIpc) is 1.69. The van der Waals surface area contributed by atoms with Crippen LogP contribution in [0, 0.1) is 0 Å². The van der Waals surface area contributed by atoms with Gasteiger partial charge in [-0.15, -0.1) is 0 Å². The summed E-state index contributed by atoms with van der Waals surface area (Å²) in [7, 11) is 0. The quantitative estimate of drug-likeness (QED) is 0.352. The van der Waals surface area contributed by atoms with E-state index in [0.29, 0.717) is 0 Å². The minimum atomic E-state index is 0. The molecule has 0 aromatic heterocycles. The van der Waals surface area contributed by atoms with Crippen molar-refractivity contribution in [3.8, 4) is 0 Å². The zero-order chi connectivity index (χ0) is 5.54. The predicted octanol–water partition coefficient (Wildman–Crippen LogP) is -0.649. The minimum absolute atomic E-state index is 0. The van der Waals surface area contributed by atoms with Gasteiger partial charge in [0.1, 0.15) is 0 Å². The van der Waals surface area contributed by atoms with E-state index in [1.54, 1.807) is 0 Å². The minimum Gasteiger partial charge on any atom is -1.00 e. The van der Waals surface area contributed by atoms with E-state index in [4.69, 9.17) is 0 Å². The Morgan fingerprint density at radius 3 is 1.62 bits per heavy atom. The van der Waals surface area contributed by atoms with Crippen molar-refractivity contribution in [3.05, 3.63) is 0 Å². The van der Waals surface area contributed by atoms with Gasteiger partial charge < -0.3 is 4.70 Å². The Morgan fingerprint density at radius 1 is 1.00 bits per heavy atom. The number of hydrogen-bond donors (Lipinski definition) is 0. The van der Waals surface area contributed by atoms with Gasteiger partial charge in [0.25, 0.3) is 0 Å². The van der Waals surface area contributed by atoms with Crippen molar-refractivity contribution in [2.75, 3.05) is 0 Å². The van der Waals surface area contributed by atoms with Crippen LogP contribution in [0.1, 0.15) is 26.7 Å². The second kappa shape index (κ2) is 10.4. The third-order valence-corrected chi connectivity index (χ3v) is 2.96. The first-order chi connectivity index (χ1) is 3.41. The molecule has 0 saturated heterocycles. The summed E-state index contributed by atoms with van der Waals surface area (Å²) in [6.07, 6.45) is 2.80. The summed E-state index contributed by atoms with van der Waals surface area (Å²) in [5, 5.41) is 3.02. The van der Waals surface area contributed by atoms with Gasteiger partial charge in [-0.2, -0.15) is 0 Å². The third-order valence-electron chi connectivity index (χ3n) is 0.986. The molecule has 0 aliphatic carbocycles. The third kappa shape index (κ3) is 9.68. The van der Waals surface area contributed by atoms with Crippen LogP contribution in [0.4, 0.5) is 0 Å². The number of hydrogen-bond acceptors (Lipinski definition) is 0. The smallest absolute Gasteiger partial charge is 1.00 e.